The summed E-state index contributed by atoms with van der Waals surface area (Å²) in [5, 5.41) is -0.982. The van der Waals surface area contributed by atoms with E-state index in [1.807, 2.05) is 19.0 Å². The van der Waals surface area contributed by atoms with Gasteiger partial charge in [-0.3, -0.25) is 0 Å². The number of benzene rings is 3. The third-order valence-corrected chi connectivity index (χ3v) is 11.7. The fraction of sp³-hybridized carbons (Fsp3) is 0.250. The van der Waals surface area contributed by atoms with E-state index in [4.69, 9.17) is 23.2 Å². The van der Waals surface area contributed by atoms with Gasteiger partial charge in [0.1, 0.15) is 11.6 Å². The molecule has 0 spiro atoms. The van der Waals surface area contributed by atoms with Crippen LogP contribution in [0.4, 0.5) is 14.5 Å². The Kier molecular flexibility index (Phi) is 7.96. The van der Waals surface area contributed by atoms with Gasteiger partial charge in [0.2, 0.25) is 0 Å². The third-order valence-electron chi connectivity index (χ3n) is 6.26. The molecule has 0 aromatic heterocycles. The first-order chi connectivity index (χ1) is 17.2. The van der Waals surface area contributed by atoms with Gasteiger partial charge in [-0.15, -0.1) is 0 Å². The topological polar surface area (TPSA) is 74.8 Å². The highest BCUT2D eigenvalue weighted by atomic mass is 79.9. The van der Waals surface area contributed by atoms with Crippen molar-refractivity contribution in [1.82, 2.24) is 4.90 Å². The van der Waals surface area contributed by atoms with Crippen LogP contribution in [0.2, 0.25) is 10.0 Å². The van der Waals surface area contributed by atoms with Crippen LogP contribution in [0.25, 0.3) is 0 Å². The van der Waals surface area contributed by atoms with Gasteiger partial charge >= 0.3 is 0 Å². The van der Waals surface area contributed by atoms with Gasteiger partial charge in [-0.2, -0.15) is 3.71 Å². The molecule has 0 radical (unpaired) electrons. The summed E-state index contributed by atoms with van der Waals surface area (Å²) in [6.07, 6.45) is 1.60. The minimum Gasteiger partial charge on any atom is -0.306 e. The van der Waals surface area contributed by atoms with E-state index in [0.29, 0.717) is 33.0 Å². The van der Waals surface area contributed by atoms with Gasteiger partial charge in [0, 0.05) is 10.5 Å². The van der Waals surface area contributed by atoms with Crippen molar-refractivity contribution in [2.45, 2.75) is 35.1 Å². The monoisotopic (exact) mass is 652 g/mol. The maximum Gasteiger partial charge on any atom is 0.277 e. The van der Waals surface area contributed by atoms with Crippen molar-refractivity contribution >= 4 is 64.9 Å². The number of fused-ring (bicyclic) bond motifs is 1. The lowest BCUT2D eigenvalue weighted by Crippen LogP contribution is -2.39. The summed E-state index contributed by atoms with van der Waals surface area (Å²) >= 11 is 15.2. The van der Waals surface area contributed by atoms with E-state index < -0.39 is 51.5 Å². The summed E-state index contributed by atoms with van der Waals surface area (Å²) in [6.45, 7) is 0. The summed E-state index contributed by atoms with van der Waals surface area (Å²) in [4.78, 5) is 0.984. The van der Waals surface area contributed by atoms with E-state index in [-0.39, 0.29) is 11.7 Å². The molecule has 0 bridgehead atoms. The lowest BCUT2D eigenvalue weighted by atomic mass is 9.87. The zero-order valence-electron chi connectivity index (χ0n) is 19.6. The van der Waals surface area contributed by atoms with Crippen molar-refractivity contribution in [2.75, 3.05) is 17.8 Å². The SMILES string of the molecule is CN(C)[C@H]1CCc2c(N(S(=O)(=O)c3ccc(F)c(Cl)c3)S(=O)(=O)c3ccc(F)c(Cl)c3)ccc(Br)c2C1. The van der Waals surface area contributed by atoms with Crippen LogP contribution in [0.15, 0.2) is 62.8 Å². The Labute approximate surface area is 233 Å². The first-order valence-electron chi connectivity index (χ1n) is 10.9. The smallest absolute Gasteiger partial charge is 0.277 e. The molecule has 0 saturated heterocycles. The molecular weight excluding hydrogens is 633 g/mol. The standard InChI is InChI=1S/C24H21BrCl2F2N2O4S2/c1-30(2)14-3-6-17-18(11-14)19(25)7-10-24(17)31(36(32,33)15-4-8-22(28)20(26)12-15)37(34,35)16-5-9-23(29)21(27)13-16/h4-5,7-10,12-14H,3,6,11H2,1-2H3/t14-/m0/s1. The third kappa shape index (κ3) is 5.26. The van der Waals surface area contributed by atoms with Crippen LogP contribution in [0.3, 0.4) is 0 Å². The summed E-state index contributed by atoms with van der Waals surface area (Å²) in [5.74, 6) is -1.73. The molecule has 1 aliphatic carbocycles. The molecule has 1 aliphatic rings. The van der Waals surface area contributed by atoms with Gasteiger partial charge in [0.25, 0.3) is 20.0 Å². The quantitative estimate of drug-likeness (QED) is 0.325. The van der Waals surface area contributed by atoms with E-state index >= 15 is 0 Å². The zero-order chi connectivity index (χ0) is 27.3. The predicted octanol–water partition coefficient (Wildman–Crippen LogP) is 6.04. The highest BCUT2D eigenvalue weighted by Crippen LogP contribution is 2.41. The van der Waals surface area contributed by atoms with Crippen LogP contribution in [0.1, 0.15) is 17.5 Å². The molecule has 6 nitrogen and oxygen atoms in total. The highest BCUT2D eigenvalue weighted by Gasteiger charge is 2.40. The number of hydrogen-bond acceptors (Lipinski definition) is 5. The molecule has 0 saturated carbocycles. The second-order valence-corrected chi connectivity index (χ2v) is 14.2. The number of nitrogens with zero attached hydrogens (tertiary/aromatic N) is 2. The minimum absolute atomic E-state index is 0.0868. The second kappa shape index (κ2) is 10.4. The molecule has 3 aromatic carbocycles. The number of anilines is 1. The first-order valence-corrected chi connectivity index (χ1v) is 15.4. The molecule has 0 heterocycles. The van der Waals surface area contributed by atoms with E-state index in [1.165, 1.54) is 6.07 Å². The molecule has 13 heteroatoms. The van der Waals surface area contributed by atoms with Gasteiger partial charge < -0.3 is 4.90 Å². The highest BCUT2D eigenvalue weighted by molar-refractivity contribution is 9.10. The normalized spacial score (nSPS) is 16.1. The number of hydrogen-bond donors (Lipinski definition) is 0. The van der Waals surface area contributed by atoms with Gasteiger partial charge in [-0.1, -0.05) is 39.1 Å². The fourth-order valence-electron chi connectivity index (χ4n) is 4.27. The predicted molar refractivity (Wildman–Crippen MR) is 143 cm³/mol. The number of sulfonamides is 2. The first kappa shape index (κ1) is 28.3. The Balaban J connectivity index is 2.01. The van der Waals surface area contributed by atoms with E-state index in [9.17, 15) is 25.6 Å². The average molecular weight is 654 g/mol. The Morgan fingerprint density at radius 3 is 1.81 bits per heavy atom. The Morgan fingerprint density at radius 1 is 0.838 bits per heavy atom. The van der Waals surface area contributed by atoms with Crippen molar-refractivity contribution in [1.29, 1.82) is 0 Å². The molecule has 4 rings (SSSR count). The maximum atomic E-state index is 14.0. The molecule has 198 valence electrons. The molecule has 1 atom stereocenters. The molecule has 3 aromatic rings. The van der Waals surface area contributed by atoms with Crippen LogP contribution < -0.4 is 3.71 Å². The van der Waals surface area contributed by atoms with Gasteiger partial charge in [-0.05, 0) is 93.0 Å². The van der Waals surface area contributed by atoms with Gasteiger partial charge in [0.15, 0.2) is 0 Å². The molecule has 37 heavy (non-hydrogen) atoms. The summed E-state index contributed by atoms with van der Waals surface area (Å²) in [6, 6.07) is 8.38. The van der Waals surface area contributed by atoms with Crippen LogP contribution in [0.5, 0.6) is 0 Å². The van der Waals surface area contributed by atoms with E-state index in [0.717, 1.165) is 42.0 Å². The summed E-state index contributed by atoms with van der Waals surface area (Å²) in [7, 11) is -5.86. The lowest BCUT2D eigenvalue weighted by molar-refractivity contribution is 0.268. The van der Waals surface area contributed by atoms with E-state index in [2.05, 4.69) is 15.9 Å². The van der Waals surface area contributed by atoms with Crippen LogP contribution in [-0.2, 0) is 32.9 Å². The molecule has 0 unspecified atom stereocenters. The van der Waals surface area contributed by atoms with Gasteiger partial charge in [-0.25, -0.2) is 25.6 Å². The maximum absolute atomic E-state index is 14.0. The largest absolute Gasteiger partial charge is 0.306 e. The number of rotatable bonds is 6. The van der Waals surface area contributed by atoms with Crippen molar-refractivity contribution < 1.29 is 25.6 Å². The van der Waals surface area contributed by atoms with Crippen molar-refractivity contribution in [2.24, 2.45) is 0 Å². The summed E-state index contributed by atoms with van der Waals surface area (Å²) in [5.41, 5.74) is 1.21. The van der Waals surface area contributed by atoms with Gasteiger partial charge in [0.05, 0.1) is 25.5 Å². The van der Waals surface area contributed by atoms with Crippen LogP contribution >= 0.6 is 39.1 Å². The van der Waals surface area contributed by atoms with Crippen LogP contribution in [0, 0.1) is 11.6 Å². The molecule has 0 fully saturated rings. The molecular formula is C24H21BrCl2F2N2O4S2. The van der Waals surface area contributed by atoms with E-state index in [1.54, 1.807) is 6.07 Å². The van der Waals surface area contributed by atoms with Crippen LogP contribution in [-0.4, -0.2) is 41.9 Å². The van der Waals surface area contributed by atoms with Crippen molar-refractivity contribution in [3.8, 4) is 0 Å². The Bertz CT molecular complexity index is 1520. The fourth-order valence-corrected chi connectivity index (χ4v) is 9.10. The summed E-state index contributed by atoms with van der Waals surface area (Å²) < 4.78 is 84.5. The molecule has 0 N–H and O–H groups in total. The molecule has 0 aliphatic heterocycles. The molecule has 0 amide bonds. The minimum atomic E-state index is -4.87. The average Bonchev–Trinajstić information content (AvgIpc) is 2.83. The number of likely N-dealkylation sites (N-methyl/N-ethyl adjacent to an activating group) is 1. The Morgan fingerprint density at radius 2 is 1.35 bits per heavy atom. The number of halogens is 5. The zero-order valence-corrected chi connectivity index (χ0v) is 24.3. The Hall–Kier alpha value is -1.76. The van der Waals surface area contributed by atoms with Crippen molar-refractivity contribution in [3.05, 3.63) is 85.8 Å². The lowest BCUT2D eigenvalue weighted by Gasteiger charge is -2.34. The second-order valence-electron chi connectivity index (χ2n) is 8.74. The van der Waals surface area contributed by atoms with Crippen molar-refractivity contribution in [3.63, 3.8) is 0 Å².